The lowest BCUT2D eigenvalue weighted by atomic mass is 9.87. The Bertz CT molecular complexity index is 1210. The zero-order valence-electron chi connectivity index (χ0n) is 24.3. The number of methoxy groups -OCH3 is 2. The molecule has 1 amide bonds. The summed E-state index contributed by atoms with van der Waals surface area (Å²) in [6, 6.07) is 27.1. The predicted molar refractivity (Wildman–Crippen MR) is 154 cm³/mol. The Hall–Kier alpha value is -3.23. The van der Waals surface area contributed by atoms with Crippen LogP contribution in [0.3, 0.4) is 0 Å². The molecule has 4 rings (SSSR count). The van der Waals surface area contributed by atoms with Crippen molar-refractivity contribution in [3.63, 3.8) is 0 Å². The van der Waals surface area contributed by atoms with Crippen molar-refractivity contribution in [2.45, 2.75) is 76.5 Å². The Morgan fingerprint density at radius 1 is 0.800 bits per heavy atom. The van der Waals surface area contributed by atoms with Crippen LogP contribution in [0.1, 0.15) is 56.0 Å². The predicted octanol–water partition coefficient (Wildman–Crippen LogP) is 6.21. The lowest BCUT2D eigenvalue weighted by molar-refractivity contribution is -0.132. The van der Waals surface area contributed by atoms with Crippen molar-refractivity contribution in [2.75, 3.05) is 14.2 Å². The highest BCUT2D eigenvalue weighted by molar-refractivity contribution is 5.69. The number of benzene rings is 3. The molecular formula is C33H41NO6. The van der Waals surface area contributed by atoms with Crippen LogP contribution in [0.5, 0.6) is 0 Å². The summed E-state index contributed by atoms with van der Waals surface area (Å²) in [5, 5.41) is 3.09. The number of hydrogen-bond donors (Lipinski definition) is 1. The summed E-state index contributed by atoms with van der Waals surface area (Å²) < 4.78 is 30.1. The molecule has 0 unspecified atom stereocenters. The molecule has 7 nitrogen and oxygen atoms in total. The maximum atomic E-state index is 13.0. The van der Waals surface area contributed by atoms with E-state index in [0.29, 0.717) is 6.42 Å². The number of nitrogens with one attached hydrogen (secondary N) is 1. The molecule has 214 valence electrons. The van der Waals surface area contributed by atoms with Gasteiger partial charge in [-0.05, 0) is 49.9 Å². The molecule has 1 saturated heterocycles. The third-order valence-corrected chi connectivity index (χ3v) is 7.65. The molecule has 0 saturated carbocycles. The van der Waals surface area contributed by atoms with Gasteiger partial charge in [-0.2, -0.15) is 0 Å². The number of alkyl carbamates (subject to hydrolysis) is 1. The van der Waals surface area contributed by atoms with E-state index in [1.807, 2.05) is 113 Å². The second-order valence-corrected chi connectivity index (χ2v) is 11.1. The summed E-state index contributed by atoms with van der Waals surface area (Å²) >= 11 is 0. The lowest BCUT2D eigenvalue weighted by Crippen LogP contribution is -2.53. The van der Waals surface area contributed by atoms with Gasteiger partial charge < -0.3 is 29.0 Å². The first-order chi connectivity index (χ1) is 19.1. The summed E-state index contributed by atoms with van der Waals surface area (Å²) in [7, 11) is 3.35. The van der Waals surface area contributed by atoms with Crippen molar-refractivity contribution in [3.05, 3.63) is 107 Å². The summed E-state index contributed by atoms with van der Waals surface area (Å²) in [5.74, 6) is 0. The van der Waals surface area contributed by atoms with E-state index >= 15 is 0 Å². The van der Waals surface area contributed by atoms with Gasteiger partial charge in [-0.1, -0.05) is 84.9 Å². The lowest BCUT2D eigenvalue weighted by Gasteiger charge is -2.38. The molecule has 1 aliphatic rings. The first-order valence-corrected chi connectivity index (χ1v) is 13.7. The highest BCUT2D eigenvalue weighted by Crippen LogP contribution is 2.38. The summed E-state index contributed by atoms with van der Waals surface area (Å²) in [4.78, 5) is 13.0. The molecule has 0 aliphatic carbocycles. The topological polar surface area (TPSA) is 75.3 Å². The normalized spacial score (nSPS) is 18.9. The fourth-order valence-electron chi connectivity index (χ4n) is 4.94. The van der Waals surface area contributed by atoms with Crippen LogP contribution in [0.25, 0.3) is 0 Å². The van der Waals surface area contributed by atoms with Crippen molar-refractivity contribution < 1.29 is 28.5 Å². The van der Waals surface area contributed by atoms with Crippen molar-refractivity contribution in [1.82, 2.24) is 5.32 Å². The van der Waals surface area contributed by atoms with Gasteiger partial charge in [0.05, 0.1) is 17.2 Å². The number of amides is 1. The van der Waals surface area contributed by atoms with Gasteiger partial charge in [0.15, 0.2) is 6.29 Å². The molecule has 0 bridgehead atoms. The van der Waals surface area contributed by atoms with Crippen molar-refractivity contribution in [2.24, 2.45) is 0 Å². The average Bonchev–Trinajstić information content (AvgIpc) is 3.42. The van der Waals surface area contributed by atoms with Gasteiger partial charge in [0, 0.05) is 20.6 Å². The number of ether oxygens (including phenoxy) is 5. The van der Waals surface area contributed by atoms with E-state index < -0.39 is 29.6 Å². The molecule has 0 radical (unpaired) electrons. The summed E-state index contributed by atoms with van der Waals surface area (Å²) in [5.41, 5.74) is 2.62. The van der Waals surface area contributed by atoms with Crippen LogP contribution in [0, 0.1) is 0 Å². The number of rotatable bonds is 11. The van der Waals surface area contributed by atoms with Crippen LogP contribution in [0.15, 0.2) is 84.9 Å². The molecular weight excluding hydrogens is 506 g/mol. The van der Waals surface area contributed by atoms with Crippen molar-refractivity contribution in [1.29, 1.82) is 0 Å². The highest BCUT2D eigenvalue weighted by atomic mass is 16.7. The fourth-order valence-corrected chi connectivity index (χ4v) is 4.94. The van der Waals surface area contributed by atoms with Gasteiger partial charge in [0.2, 0.25) is 0 Å². The zero-order valence-corrected chi connectivity index (χ0v) is 24.3. The Labute approximate surface area is 237 Å². The molecule has 1 heterocycles. The largest absolute Gasteiger partial charge is 0.445 e. The van der Waals surface area contributed by atoms with E-state index in [1.165, 1.54) is 0 Å². The van der Waals surface area contributed by atoms with E-state index in [1.54, 1.807) is 14.2 Å². The van der Waals surface area contributed by atoms with Gasteiger partial charge >= 0.3 is 6.09 Å². The van der Waals surface area contributed by atoms with E-state index in [4.69, 9.17) is 23.7 Å². The van der Waals surface area contributed by atoms with Gasteiger partial charge in [-0.25, -0.2) is 4.79 Å². The van der Waals surface area contributed by atoms with Crippen LogP contribution < -0.4 is 5.32 Å². The molecule has 7 heteroatoms. The van der Waals surface area contributed by atoms with Crippen LogP contribution in [0.2, 0.25) is 0 Å². The standard InChI is InChI=1S/C33H41NO6/c1-32(2,36-5)29-30(33(3,4)37-6)40-27(39-29)21-25-19-13-14-20-26(25)28(24-17-11-8-12-18-24)34-31(35)38-22-23-15-9-7-10-16-23/h7-20,27-30H,21-22H2,1-6H3,(H,34,35)/t28-,29-,30-/m1/s1. The summed E-state index contributed by atoms with van der Waals surface area (Å²) in [6.07, 6.45) is -1.24. The number of carbonyl (C=O) groups is 1. The maximum absolute atomic E-state index is 13.0. The molecule has 40 heavy (non-hydrogen) atoms. The Morgan fingerprint density at radius 3 is 1.90 bits per heavy atom. The quantitative estimate of drug-likeness (QED) is 0.308. The van der Waals surface area contributed by atoms with E-state index in [-0.39, 0.29) is 18.8 Å². The molecule has 3 aromatic carbocycles. The smallest absolute Gasteiger partial charge is 0.408 e. The molecule has 1 aliphatic heterocycles. The molecule has 1 N–H and O–H groups in total. The number of carbonyl (C=O) groups excluding carboxylic acids is 1. The van der Waals surface area contributed by atoms with E-state index in [9.17, 15) is 4.79 Å². The monoisotopic (exact) mass is 547 g/mol. The van der Waals surface area contributed by atoms with Crippen LogP contribution in [0.4, 0.5) is 4.79 Å². The van der Waals surface area contributed by atoms with Crippen LogP contribution in [-0.2, 0) is 36.7 Å². The van der Waals surface area contributed by atoms with Gasteiger partial charge in [0.1, 0.15) is 18.8 Å². The molecule has 1 fully saturated rings. The van der Waals surface area contributed by atoms with Gasteiger partial charge in [-0.15, -0.1) is 0 Å². The van der Waals surface area contributed by atoms with E-state index in [0.717, 1.165) is 22.3 Å². The zero-order chi connectivity index (χ0) is 28.8. The maximum Gasteiger partial charge on any atom is 0.408 e. The Balaban J connectivity index is 1.58. The summed E-state index contributed by atoms with van der Waals surface area (Å²) in [6.45, 7) is 8.16. The number of hydrogen-bond acceptors (Lipinski definition) is 6. The minimum absolute atomic E-state index is 0.187. The SMILES string of the molecule is COC(C)(C)[C@@H]1OC(Cc2ccccc2[C@H](NC(=O)OCc2ccccc2)c2ccccc2)O[C@H]1C(C)(C)OC. The van der Waals surface area contributed by atoms with Crippen molar-refractivity contribution in [3.8, 4) is 0 Å². The third-order valence-electron chi connectivity index (χ3n) is 7.65. The van der Waals surface area contributed by atoms with Crippen LogP contribution in [-0.4, -0.2) is 50.0 Å². The minimum Gasteiger partial charge on any atom is -0.445 e. The molecule has 3 atom stereocenters. The molecule has 0 aromatic heterocycles. The van der Waals surface area contributed by atoms with Crippen LogP contribution >= 0.6 is 0 Å². The van der Waals surface area contributed by atoms with Crippen molar-refractivity contribution >= 4 is 6.09 Å². The molecule has 0 spiro atoms. The minimum atomic E-state index is -0.592. The molecule has 3 aromatic rings. The second-order valence-electron chi connectivity index (χ2n) is 11.1. The average molecular weight is 548 g/mol. The first-order valence-electron chi connectivity index (χ1n) is 13.7. The van der Waals surface area contributed by atoms with Gasteiger partial charge in [0.25, 0.3) is 0 Å². The Morgan fingerprint density at radius 2 is 1.32 bits per heavy atom. The fraction of sp³-hybridized carbons (Fsp3) is 0.424. The first kappa shape index (κ1) is 29.7. The third kappa shape index (κ3) is 7.09. The highest BCUT2D eigenvalue weighted by Gasteiger charge is 2.52. The van der Waals surface area contributed by atoms with Gasteiger partial charge in [-0.3, -0.25) is 0 Å². The van der Waals surface area contributed by atoms with E-state index in [2.05, 4.69) is 5.32 Å². The second kappa shape index (κ2) is 13.0. The Kier molecular flexibility index (Phi) is 9.64.